The average Bonchev–Trinajstić information content (AvgIpc) is 2.08. The molecule has 11 heavy (non-hydrogen) atoms. The van der Waals surface area contributed by atoms with E-state index in [0.29, 0.717) is 6.42 Å². The van der Waals surface area contributed by atoms with Crippen LogP contribution in [0.3, 0.4) is 0 Å². The lowest BCUT2D eigenvalue weighted by Crippen LogP contribution is -2.38. The van der Waals surface area contributed by atoms with Crippen molar-refractivity contribution in [3.8, 4) is 0 Å². The minimum atomic E-state index is -0.799. The summed E-state index contributed by atoms with van der Waals surface area (Å²) >= 11 is 0. The molecule has 0 aromatic carbocycles. The highest BCUT2D eigenvalue weighted by Crippen LogP contribution is 2.14. The number of aliphatic hydroxyl groups excluding tert-OH is 2. The number of hydrogen-bond donors (Lipinski definition) is 2. The summed E-state index contributed by atoms with van der Waals surface area (Å²) in [4.78, 5) is 0. The molecule has 0 saturated carbocycles. The van der Waals surface area contributed by atoms with Crippen molar-refractivity contribution in [1.82, 2.24) is 0 Å². The van der Waals surface area contributed by atoms with E-state index < -0.39 is 5.60 Å². The van der Waals surface area contributed by atoms with Gasteiger partial charge >= 0.3 is 0 Å². The molecular formula is C8H16O3. The molecule has 0 atom stereocenters. The number of hydrogen-bond acceptors (Lipinski definition) is 3. The first-order valence-electron chi connectivity index (χ1n) is 3.75. The topological polar surface area (TPSA) is 49.7 Å². The first-order chi connectivity index (χ1) is 5.24. The van der Waals surface area contributed by atoms with Crippen LogP contribution in [0.25, 0.3) is 0 Å². The van der Waals surface area contributed by atoms with Gasteiger partial charge in [0.05, 0.1) is 19.5 Å². The summed E-state index contributed by atoms with van der Waals surface area (Å²) in [5, 5.41) is 17.8. The lowest BCUT2D eigenvalue weighted by molar-refractivity contribution is -0.0665. The van der Waals surface area contributed by atoms with Crippen LogP contribution in [0.15, 0.2) is 12.3 Å². The third-order valence-electron chi connectivity index (χ3n) is 1.67. The van der Waals surface area contributed by atoms with Crippen LogP contribution in [0.4, 0.5) is 0 Å². The van der Waals surface area contributed by atoms with Crippen LogP contribution in [-0.2, 0) is 4.74 Å². The van der Waals surface area contributed by atoms with E-state index >= 15 is 0 Å². The molecule has 0 radical (unpaired) electrons. The molecule has 2 N–H and O–H groups in total. The van der Waals surface area contributed by atoms with Gasteiger partial charge in [-0.3, -0.25) is 0 Å². The Kier molecular flexibility index (Phi) is 4.90. The first-order valence-corrected chi connectivity index (χ1v) is 3.75. The van der Waals surface area contributed by atoms with Gasteiger partial charge in [-0.15, -0.1) is 0 Å². The summed E-state index contributed by atoms with van der Waals surface area (Å²) in [6.45, 7) is 3.35. The van der Waals surface area contributed by atoms with Gasteiger partial charge in [-0.2, -0.15) is 0 Å². The zero-order chi connectivity index (χ0) is 8.74. The second-order valence-electron chi connectivity index (χ2n) is 2.44. The van der Waals surface area contributed by atoms with Gasteiger partial charge in [0.1, 0.15) is 0 Å². The van der Waals surface area contributed by atoms with E-state index in [4.69, 9.17) is 14.9 Å². The number of aliphatic hydroxyl groups is 2. The SMILES string of the molecule is C/C=C\OC(CC)(CO)CO. The van der Waals surface area contributed by atoms with Crippen molar-refractivity contribution < 1.29 is 14.9 Å². The average molecular weight is 160 g/mol. The van der Waals surface area contributed by atoms with Crippen molar-refractivity contribution >= 4 is 0 Å². The summed E-state index contributed by atoms with van der Waals surface area (Å²) in [5.41, 5.74) is -0.799. The van der Waals surface area contributed by atoms with Gasteiger partial charge in [0.2, 0.25) is 0 Å². The Labute approximate surface area is 67.3 Å². The maximum absolute atomic E-state index is 8.88. The Morgan fingerprint density at radius 3 is 2.18 bits per heavy atom. The van der Waals surface area contributed by atoms with Crippen molar-refractivity contribution in [2.45, 2.75) is 25.9 Å². The zero-order valence-corrected chi connectivity index (χ0v) is 7.08. The molecule has 3 heteroatoms. The van der Waals surface area contributed by atoms with Gasteiger partial charge in [0.25, 0.3) is 0 Å². The Balaban J connectivity index is 4.04. The lowest BCUT2D eigenvalue weighted by Gasteiger charge is -2.27. The van der Waals surface area contributed by atoms with Gasteiger partial charge in [-0.25, -0.2) is 0 Å². The summed E-state index contributed by atoms with van der Waals surface area (Å²) < 4.78 is 5.15. The molecule has 0 rings (SSSR count). The fourth-order valence-corrected chi connectivity index (χ4v) is 0.644. The highest BCUT2D eigenvalue weighted by Gasteiger charge is 2.26. The van der Waals surface area contributed by atoms with Crippen LogP contribution >= 0.6 is 0 Å². The van der Waals surface area contributed by atoms with Crippen molar-refractivity contribution in [3.05, 3.63) is 12.3 Å². The van der Waals surface area contributed by atoms with E-state index in [1.165, 1.54) is 6.26 Å². The van der Waals surface area contributed by atoms with Crippen LogP contribution in [0, 0.1) is 0 Å². The molecule has 0 heterocycles. The molecule has 3 nitrogen and oxygen atoms in total. The maximum Gasteiger partial charge on any atom is 0.154 e. The summed E-state index contributed by atoms with van der Waals surface area (Å²) in [7, 11) is 0. The molecule has 0 unspecified atom stereocenters. The highest BCUT2D eigenvalue weighted by atomic mass is 16.5. The van der Waals surface area contributed by atoms with Gasteiger partial charge in [0, 0.05) is 0 Å². The van der Waals surface area contributed by atoms with Crippen LogP contribution in [0.2, 0.25) is 0 Å². The largest absolute Gasteiger partial charge is 0.490 e. The van der Waals surface area contributed by atoms with Crippen molar-refractivity contribution in [1.29, 1.82) is 0 Å². The Morgan fingerprint density at radius 1 is 1.36 bits per heavy atom. The molecule has 0 amide bonds. The second-order valence-corrected chi connectivity index (χ2v) is 2.44. The fourth-order valence-electron chi connectivity index (χ4n) is 0.644. The third kappa shape index (κ3) is 2.91. The monoisotopic (exact) mass is 160 g/mol. The molecular weight excluding hydrogens is 144 g/mol. The van der Waals surface area contributed by atoms with E-state index in [1.807, 2.05) is 13.8 Å². The van der Waals surface area contributed by atoms with Gasteiger partial charge in [0.15, 0.2) is 5.60 Å². The Bertz CT molecular complexity index is 108. The van der Waals surface area contributed by atoms with E-state index in [9.17, 15) is 0 Å². The predicted octanol–water partition coefficient (Wildman–Crippen LogP) is 0.670. The number of rotatable bonds is 5. The zero-order valence-electron chi connectivity index (χ0n) is 7.08. The van der Waals surface area contributed by atoms with Crippen molar-refractivity contribution in [3.63, 3.8) is 0 Å². The molecule has 0 aliphatic rings. The molecule has 0 aliphatic carbocycles. The van der Waals surface area contributed by atoms with Crippen LogP contribution in [-0.4, -0.2) is 29.0 Å². The highest BCUT2D eigenvalue weighted by molar-refractivity contribution is 4.81. The third-order valence-corrected chi connectivity index (χ3v) is 1.67. The molecule has 0 aromatic rings. The van der Waals surface area contributed by atoms with Crippen LogP contribution in [0.5, 0.6) is 0 Å². The van der Waals surface area contributed by atoms with E-state index in [0.717, 1.165) is 0 Å². The summed E-state index contributed by atoms with van der Waals surface area (Å²) in [5.74, 6) is 0. The lowest BCUT2D eigenvalue weighted by atomic mass is 10.0. The van der Waals surface area contributed by atoms with E-state index in [-0.39, 0.29) is 13.2 Å². The van der Waals surface area contributed by atoms with E-state index in [2.05, 4.69) is 0 Å². The second kappa shape index (κ2) is 5.16. The molecule has 66 valence electrons. The predicted molar refractivity (Wildman–Crippen MR) is 43.1 cm³/mol. The van der Waals surface area contributed by atoms with Gasteiger partial charge in [-0.1, -0.05) is 13.0 Å². The van der Waals surface area contributed by atoms with Gasteiger partial charge < -0.3 is 14.9 Å². The molecule has 0 saturated heterocycles. The maximum atomic E-state index is 8.88. The van der Waals surface area contributed by atoms with Crippen molar-refractivity contribution in [2.75, 3.05) is 13.2 Å². The summed E-state index contributed by atoms with van der Waals surface area (Å²) in [6, 6.07) is 0. The minimum Gasteiger partial charge on any atom is -0.490 e. The first kappa shape index (κ1) is 10.5. The molecule has 0 spiro atoms. The molecule has 0 fully saturated rings. The molecule has 0 aliphatic heterocycles. The Hall–Kier alpha value is -0.540. The summed E-state index contributed by atoms with van der Waals surface area (Å²) in [6.07, 6.45) is 3.79. The van der Waals surface area contributed by atoms with Crippen molar-refractivity contribution in [2.24, 2.45) is 0 Å². The van der Waals surface area contributed by atoms with Gasteiger partial charge in [-0.05, 0) is 13.3 Å². The number of allylic oxidation sites excluding steroid dienone is 1. The normalized spacial score (nSPS) is 12.4. The van der Waals surface area contributed by atoms with Crippen LogP contribution < -0.4 is 0 Å². The standard InChI is InChI=1S/C8H16O3/c1-3-5-11-8(4-2,6-9)7-10/h3,5,9-10H,4,6-7H2,1-2H3/b5-3-. The number of ether oxygens (including phenoxy) is 1. The fraction of sp³-hybridized carbons (Fsp3) is 0.750. The Morgan fingerprint density at radius 2 is 1.91 bits per heavy atom. The van der Waals surface area contributed by atoms with E-state index in [1.54, 1.807) is 6.08 Å². The van der Waals surface area contributed by atoms with Crippen LogP contribution in [0.1, 0.15) is 20.3 Å². The molecule has 0 bridgehead atoms. The molecule has 0 aromatic heterocycles. The smallest absolute Gasteiger partial charge is 0.154 e. The minimum absolute atomic E-state index is 0.162. The quantitative estimate of drug-likeness (QED) is 0.581.